The largest absolute Gasteiger partial charge is 0.756 e. The number of nitrogens with zero attached hydrogens (tertiary/aromatic N) is 1. The second-order valence-corrected chi connectivity index (χ2v) is 19.5. The fraction of sp³-hybridized carbons (Fsp3) is 0.576. The van der Waals surface area contributed by atoms with Crippen molar-refractivity contribution < 1.29 is 32.9 Å². The molecular weight excluding hydrogens is 864 g/mol. The van der Waals surface area contributed by atoms with Gasteiger partial charge in [0.15, 0.2) is 0 Å². The number of hydrogen-bond donors (Lipinski definition) is 2. The first-order valence-corrected chi connectivity index (χ1v) is 27.7. The van der Waals surface area contributed by atoms with Crippen LogP contribution >= 0.6 is 7.82 Å². The van der Waals surface area contributed by atoms with Gasteiger partial charge in [-0.15, -0.1) is 0 Å². The molecule has 8 nitrogen and oxygen atoms in total. The molecule has 0 spiro atoms. The number of phosphoric ester groups is 1. The van der Waals surface area contributed by atoms with E-state index < -0.39 is 26.6 Å². The van der Waals surface area contributed by atoms with Gasteiger partial charge in [-0.2, -0.15) is 0 Å². The Labute approximate surface area is 417 Å². The van der Waals surface area contributed by atoms with Gasteiger partial charge < -0.3 is 28.8 Å². The van der Waals surface area contributed by atoms with Crippen molar-refractivity contribution in [1.29, 1.82) is 0 Å². The Morgan fingerprint density at radius 1 is 0.529 bits per heavy atom. The number of hydrogen-bond acceptors (Lipinski definition) is 6. The standard InChI is InChI=1S/C59H97N2O6P/c1-6-8-10-12-14-16-18-20-21-22-23-24-25-26-27-28-29-30-31-32-33-34-35-36-37-38-39-41-43-45-47-49-51-53-59(63)60-57(56-67-68(64,65)66-55-54-61(3,4)5)58(62)52-50-48-46-44-42-40-19-17-15-13-11-9-7-2/h8,10,14-17,20-21,23-24,26-27,29-30,32-33,35-36,38-39,42,44,50,52,57-58,62H,6-7,9,11-13,18-19,22,25,28,31,34,37,40-41,43,45-49,51,53-56H2,1-5H3,(H-,60,63,64,65)/b10-8-,16-14-,17-15+,21-20-,24-23-,27-26-,30-29-,33-32-,36-35-,39-38-,44-42+,52-50+. The molecule has 0 saturated carbocycles. The predicted octanol–water partition coefficient (Wildman–Crippen LogP) is 15.1. The first-order chi connectivity index (χ1) is 33.0. The molecule has 0 fully saturated rings. The molecule has 3 atom stereocenters. The summed E-state index contributed by atoms with van der Waals surface area (Å²) in [6.07, 6.45) is 74.9. The minimum atomic E-state index is -4.62. The maximum absolute atomic E-state index is 12.9. The lowest BCUT2D eigenvalue weighted by molar-refractivity contribution is -0.870. The second-order valence-electron chi connectivity index (χ2n) is 18.1. The number of allylic oxidation sites excluding steroid dienone is 23. The van der Waals surface area contributed by atoms with E-state index >= 15 is 0 Å². The summed E-state index contributed by atoms with van der Waals surface area (Å²) < 4.78 is 23.2. The highest BCUT2D eigenvalue weighted by Gasteiger charge is 2.23. The zero-order valence-corrected chi connectivity index (χ0v) is 44.4. The van der Waals surface area contributed by atoms with Crippen molar-refractivity contribution in [3.05, 3.63) is 146 Å². The lowest BCUT2D eigenvalue weighted by Crippen LogP contribution is -2.45. The minimum Gasteiger partial charge on any atom is -0.756 e. The van der Waals surface area contributed by atoms with Crippen LogP contribution < -0.4 is 10.2 Å². The van der Waals surface area contributed by atoms with E-state index in [1.54, 1.807) is 6.08 Å². The number of phosphoric acid groups is 1. The van der Waals surface area contributed by atoms with Gasteiger partial charge >= 0.3 is 0 Å². The topological polar surface area (TPSA) is 108 Å². The number of carbonyl (C=O) groups excluding carboxylic acids is 1. The second kappa shape index (κ2) is 48.4. The van der Waals surface area contributed by atoms with Crippen molar-refractivity contribution in [2.45, 2.75) is 180 Å². The van der Waals surface area contributed by atoms with Gasteiger partial charge in [0.2, 0.25) is 5.91 Å². The first-order valence-electron chi connectivity index (χ1n) is 26.2. The molecule has 0 rings (SSSR count). The van der Waals surface area contributed by atoms with Crippen molar-refractivity contribution in [2.24, 2.45) is 0 Å². The van der Waals surface area contributed by atoms with Crippen LogP contribution in [-0.2, 0) is 18.4 Å². The zero-order valence-electron chi connectivity index (χ0n) is 43.5. The molecule has 2 N–H and O–H groups in total. The molecule has 0 aliphatic heterocycles. The molecule has 0 heterocycles. The smallest absolute Gasteiger partial charge is 0.268 e. The molecule has 0 aromatic heterocycles. The molecule has 9 heteroatoms. The first kappa shape index (κ1) is 64.4. The van der Waals surface area contributed by atoms with Crippen molar-refractivity contribution in [3.8, 4) is 0 Å². The van der Waals surface area contributed by atoms with Crippen molar-refractivity contribution in [1.82, 2.24) is 5.32 Å². The van der Waals surface area contributed by atoms with Crippen molar-refractivity contribution in [3.63, 3.8) is 0 Å². The highest BCUT2D eigenvalue weighted by molar-refractivity contribution is 7.45. The number of nitrogens with one attached hydrogen (secondary N) is 1. The number of unbranched alkanes of at least 4 members (excludes halogenated alkanes) is 10. The number of likely N-dealkylation sites (N-methyl/N-ethyl adjacent to an activating group) is 1. The normalized spacial score (nSPS) is 15.2. The van der Waals surface area contributed by atoms with E-state index in [-0.39, 0.29) is 12.5 Å². The molecule has 0 bridgehead atoms. The van der Waals surface area contributed by atoms with Gasteiger partial charge in [-0.1, -0.05) is 192 Å². The summed E-state index contributed by atoms with van der Waals surface area (Å²) in [7, 11) is 1.19. The number of amides is 1. The van der Waals surface area contributed by atoms with E-state index in [4.69, 9.17) is 9.05 Å². The molecule has 3 unspecified atom stereocenters. The number of carbonyl (C=O) groups is 1. The summed E-state index contributed by atoms with van der Waals surface area (Å²) in [6.45, 7) is 4.42. The molecular formula is C59H97N2O6P. The van der Waals surface area contributed by atoms with Crippen LogP contribution in [0.1, 0.15) is 168 Å². The summed E-state index contributed by atoms with van der Waals surface area (Å²) in [5, 5.41) is 13.8. The average molecular weight is 961 g/mol. The maximum atomic E-state index is 12.9. The van der Waals surface area contributed by atoms with E-state index in [0.29, 0.717) is 23.9 Å². The van der Waals surface area contributed by atoms with E-state index in [1.165, 1.54) is 19.3 Å². The molecule has 384 valence electrons. The van der Waals surface area contributed by atoms with Crippen LogP contribution in [-0.4, -0.2) is 68.5 Å². The lowest BCUT2D eigenvalue weighted by atomic mass is 10.1. The minimum absolute atomic E-state index is 0.0219. The Morgan fingerprint density at radius 3 is 1.37 bits per heavy atom. The SMILES string of the molecule is CC/C=C\C/C=C\C/C=C\C/C=C\C/C=C\C/C=C\C/C=C\C/C=C\C/C=C\CCCCCCCC(=O)NC(COP(=O)([O-])OCC[N+](C)(C)C)C(O)/C=C/CC/C=C/CC/C=C/CCCCC. The maximum Gasteiger partial charge on any atom is 0.268 e. The molecule has 0 radical (unpaired) electrons. The van der Waals surface area contributed by atoms with Gasteiger partial charge in [-0.25, -0.2) is 0 Å². The Morgan fingerprint density at radius 2 is 0.912 bits per heavy atom. The Kier molecular flexibility index (Phi) is 45.8. The molecule has 68 heavy (non-hydrogen) atoms. The number of rotatable bonds is 45. The Bertz CT molecular complexity index is 1610. The predicted molar refractivity (Wildman–Crippen MR) is 292 cm³/mol. The molecule has 0 aliphatic rings. The quantitative estimate of drug-likeness (QED) is 0.0272. The average Bonchev–Trinajstić information content (AvgIpc) is 3.30. The third kappa shape index (κ3) is 50.3. The van der Waals surface area contributed by atoms with Crippen LogP contribution in [0.15, 0.2) is 146 Å². The summed E-state index contributed by atoms with van der Waals surface area (Å²) >= 11 is 0. The van der Waals surface area contributed by atoms with E-state index in [9.17, 15) is 19.4 Å². The van der Waals surface area contributed by atoms with Crippen LogP contribution in [0.5, 0.6) is 0 Å². The van der Waals surface area contributed by atoms with Gasteiger partial charge in [-0.05, 0) is 116 Å². The van der Waals surface area contributed by atoms with Crippen LogP contribution in [0.3, 0.4) is 0 Å². The third-order valence-electron chi connectivity index (χ3n) is 10.5. The number of aliphatic hydroxyl groups excluding tert-OH is 1. The molecule has 0 aromatic rings. The number of quaternary nitrogens is 1. The summed E-state index contributed by atoms with van der Waals surface area (Å²) in [5.74, 6) is -0.239. The molecule has 0 aliphatic carbocycles. The molecule has 0 saturated heterocycles. The molecule has 0 aromatic carbocycles. The van der Waals surface area contributed by atoms with Gasteiger partial charge in [-0.3, -0.25) is 9.36 Å². The van der Waals surface area contributed by atoms with E-state index in [0.717, 1.165) is 122 Å². The van der Waals surface area contributed by atoms with Crippen LogP contribution in [0, 0.1) is 0 Å². The Hall–Kier alpha value is -3.62. The summed E-state index contributed by atoms with van der Waals surface area (Å²) in [5.41, 5.74) is 0. The van der Waals surface area contributed by atoms with Gasteiger partial charge in [0.05, 0.1) is 39.9 Å². The monoisotopic (exact) mass is 961 g/mol. The fourth-order valence-electron chi connectivity index (χ4n) is 6.41. The van der Waals surface area contributed by atoms with Crippen LogP contribution in [0.25, 0.3) is 0 Å². The van der Waals surface area contributed by atoms with Gasteiger partial charge in [0, 0.05) is 6.42 Å². The van der Waals surface area contributed by atoms with Crippen LogP contribution in [0.4, 0.5) is 0 Å². The van der Waals surface area contributed by atoms with Crippen molar-refractivity contribution in [2.75, 3.05) is 40.9 Å². The summed E-state index contributed by atoms with van der Waals surface area (Å²) in [6, 6.07) is -0.931. The highest BCUT2D eigenvalue weighted by atomic mass is 31.2. The summed E-state index contributed by atoms with van der Waals surface area (Å²) in [4.78, 5) is 25.4. The lowest BCUT2D eigenvalue weighted by Gasteiger charge is -2.29. The fourth-order valence-corrected chi connectivity index (χ4v) is 7.13. The number of aliphatic hydroxyl groups is 1. The highest BCUT2D eigenvalue weighted by Crippen LogP contribution is 2.38. The third-order valence-corrected chi connectivity index (χ3v) is 11.5. The zero-order chi connectivity index (χ0) is 49.9. The Balaban J connectivity index is 4.32. The van der Waals surface area contributed by atoms with E-state index in [1.807, 2.05) is 27.2 Å². The molecule has 1 amide bonds. The van der Waals surface area contributed by atoms with Gasteiger partial charge in [0.25, 0.3) is 7.82 Å². The van der Waals surface area contributed by atoms with Crippen LogP contribution in [0.2, 0.25) is 0 Å². The van der Waals surface area contributed by atoms with Crippen molar-refractivity contribution >= 4 is 13.7 Å². The van der Waals surface area contributed by atoms with E-state index in [2.05, 4.69) is 153 Å². The van der Waals surface area contributed by atoms with Gasteiger partial charge in [0.1, 0.15) is 13.2 Å².